The summed E-state index contributed by atoms with van der Waals surface area (Å²) in [7, 11) is 0. The van der Waals surface area contributed by atoms with Crippen molar-refractivity contribution in [1.82, 2.24) is 0 Å². The van der Waals surface area contributed by atoms with Crippen LogP contribution in [-0.4, -0.2) is 70.4 Å². The number of aliphatic hydroxyl groups is 4. The van der Waals surface area contributed by atoms with E-state index in [0.29, 0.717) is 18.8 Å². The highest BCUT2D eigenvalue weighted by Gasteiger charge is 2.49. The lowest BCUT2D eigenvalue weighted by Gasteiger charge is -2.44. The molecule has 0 radical (unpaired) electrons. The Kier molecular flexibility index (Phi) is 12.1. The lowest BCUT2D eigenvalue weighted by molar-refractivity contribution is -0.299. The molecule has 1 aliphatic heterocycles. The molecule has 2 aromatic rings. The molecule has 7 nitrogen and oxygen atoms in total. The Hall–Kier alpha value is -2.26. The zero-order valence-electron chi connectivity index (χ0n) is 21.7. The predicted octanol–water partition coefficient (Wildman–Crippen LogP) is 3.42. The lowest BCUT2D eigenvalue weighted by Crippen LogP contribution is -2.63. The first kappa shape index (κ1) is 29.3. The zero-order chi connectivity index (χ0) is 26.6. The van der Waals surface area contributed by atoms with Crippen molar-refractivity contribution in [2.45, 2.75) is 82.3 Å². The van der Waals surface area contributed by atoms with E-state index in [4.69, 9.17) is 19.3 Å². The van der Waals surface area contributed by atoms with Crippen molar-refractivity contribution < 1.29 is 34.6 Å². The molecule has 7 heteroatoms. The maximum Gasteiger partial charge on any atom is 0.229 e. The van der Waals surface area contributed by atoms with E-state index < -0.39 is 36.8 Å². The molecule has 1 aliphatic rings. The number of aliphatic hydroxyl groups excluding tert-OH is 4. The highest BCUT2D eigenvalue weighted by atomic mass is 16.7. The van der Waals surface area contributed by atoms with Crippen molar-refractivity contribution in [3.63, 3.8) is 0 Å². The van der Waals surface area contributed by atoms with Crippen LogP contribution in [0.1, 0.15) is 43.7 Å². The quantitative estimate of drug-likeness (QED) is 0.270. The molecule has 1 saturated heterocycles. The smallest absolute Gasteiger partial charge is 0.229 e. The summed E-state index contributed by atoms with van der Waals surface area (Å²) in [6, 6.07) is 17.7. The van der Waals surface area contributed by atoms with Gasteiger partial charge in [0, 0.05) is 6.61 Å². The fraction of sp³-hybridized carbons (Fsp3) is 0.533. The van der Waals surface area contributed by atoms with Crippen LogP contribution in [0.25, 0.3) is 0 Å². The van der Waals surface area contributed by atoms with Crippen molar-refractivity contribution in [3.05, 3.63) is 78.4 Å². The molecular formula is C30H42O7. The Balaban J connectivity index is 1.76. The molecule has 4 N–H and O–H groups in total. The van der Waals surface area contributed by atoms with E-state index in [-0.39, 0.29) is 18.9 Å². The third kappa shape index (κ3) is 8.64. The largest absolute Gasteiger partial charge is 0.462 e. The minimum absolute atomic E-state index is 0.0919. The molecule has 2 aromatic carbocycles. The summed E-state index contributed by atoms with van der Waals surface area (Å²) in [5.41, 5.74) is 2.29. The van der Waals surface area contributed by atoms with E-state index in [1.54, 1.807) is 0 Å². The second-order valence-corrected chi connectivity index (χ2v) is 9.78. The van der Waals surface area contributed by atoms with Gasteiger partial charge in [0.05, 0.1) is 12.7 Å². The Morgan fingerprint density at radius 3 is 2.38 bits per heavy atom. The molecule has 3 rings (SSSR count). The Labute approximate surface area is 220 Å². The molecule has 1 heterocycles. The van der Waals surface area contributed by atoms with Crippen molar-refractivity contribution in [1.29, 1.82) is 0 Å². The van der Waals surface area contributed by atoms with Gasteiger partial charge in [0.2, 0.25) is 6.29 Å². The third-order valence-corrected chi connectivity index (χ3v) is 6.76. The molecule has 0 unspecified atom stereocenters. The first-order chi connectivity index (χ1) is 18.0. The summed E-state index contributed by atoms with van der Waals surface area (Å²) in [6.45, 7) is 6.15. The normalized spacial score (nSPS) is 25.4. The molecule has 1 fully saturated rings. The summed E-state index contributed by atoms with van der Waals surface area (Å²) < 4.78 is 18.4. The van der Waals surface area contributed by atoms with Gasteiger partial charge in [0.1, 0.15) is 30.2 Å². The van der Waals surface area contributed by atoms with Gasteiger partial charge in [0.25, 0.3) is 0 Å². The maximum absolute atomic E-state index is 11.1. The van der Waals surface area contributed by atoms with Crippen LogP contribution >= 0.6 is 0 Å². The van der Waals surface area contributed by atoms with Gasteiger partial charge in [-0.1, -0.05) is 61.9 Å². The number of hydrogen-bond donors (Lipinski definition) is 4. The average Bonchev–Trinajstić information content (AvgIpc) is 2.91. The fourth-order valence-electron chi connectivity index (χ4n) is 4.77. The first-order valence-corrected chi connectivity index (χ1v) is 13.3. The molecule has 0 aromatic heterocycles. The SMILES string of the molecule is C=CCc1ccc(O[C@H]2O[C@H]([C@H](O)CCCO)[C@@H](O)[C@H](O)[C@H]2OC[C@@H](CCC)Cc2ccccc2)cc1. The molecule has 0 bridgehead atoms. The molecule has 204 valence electrons. The summed E-state index contributed by atoms with van der Waals surface area (Å²) in [5.74, 6) is 0.733. The minimum atomic E-state index is -1.37. The summed E-state index contributed by atoms with van der Waals surface area (Å²) in [6.07, 6.45) is -0.976. The molecule has 37 heavy (non-hydrogen) atoms. The topological polar surface area (TPSA) is 109 Å². The summed E-state index contributed by atoms with van der Waals surface area (Å²) in [4.78, 5) is 0. The van der Waals surface area contributed by atoms with E-state index in [1.807, 2.05) is 48.5 Å². The van der Waals surface area contributed by atoms with Gasteiger partial charge in [-0.05, 0) is 61.3 Å². The number of hydrogen-bond acceptors (Lipinski definition) is 7. The van der Waals surface area contributed by atoms with Gasteiger partial charge >= 0.3 is 0 Å². The van der Waals surface area contributed by atoms with Crippen LogP contribution < -0.4 is 4.74 Å². The van der Waals surface area contributed by atoms with Gasteiger partial charge in [-0.2, -0.15) is 0 Å². The Morgan fingerprint density at radius 2 is 1.73 bits per heavy atom. The van der Waals surface area contributed by atoms with Gasteiger partial charge in [-0.3, -0.25) is 0 Å². The van der Waals surface area contributed by atoms with E-state index in [1.165, 1.54) is 5.56 Å². The van der Waals surface area contributed by atoms with E-state index in [0.717, 1.165) is 31.2 Å². The van der Waals surface area contributed by atoms with Gasteiger partial charge in [-0.15, -0.1) is 6.58 Å². The number of rotatable bonds is 15. The molecule has 0 amide bonds. The van der Waals surface area contributed by atoms with Crippen molar-refractivity contribution in [2.24, 2.45) is 5.92 Å². The molecule has 0 spiro atoms. The van der Waals surface area contributed by atoms with Gasteiger partial charge < -0.3 is 34.6 Å². The van der Waals surface area contributed by atoms with Gasteiger partial charge in [-0.25, -0.2) is 0 Å². The highest BCUT2D eigenvalue weighted by molar-refractivity contribution is 5.28. The van der Waals surface area contributed by atoms with Crippen molar-refractivity contribution in [2.75, 3.05) is 13.2 Å². The molecule has 0 aliphatic carbocycles. The van der Waals surface area contributed by atoms with Gasteiger partial charge in [0.15, 0.2) is 0 Å². The summed E-state index contributed by atoms with van der Waals surface area (Å²) >= 11 is 0. The first-order valence-electron chi connectivity index (χ1n) is 13.3. The molecule has 0 saturated carbocycles. The third-order valence-electron chi connectivity index (χ3n) is 6.76. The summed E-state index contributed by atoms with van der Waals surface area (Å²) in [5, 5.41) is 41.6. The molecular weight excluding hydrogens is 472 g/mol. The van der Waals surface area contributed by atoms with Crippen LogP contribution in [0.4, 0.5) is 0 Å². The average molecular weight is 515 g/mol. The molecule has 7 atom stereocenters. The minimum Gasteiger partial charge on any atom is -0.462 e. The zero-order valence-corrected chi connectivity index (χ0v) is 21.7. The monoisotopic (exact) mass is 514 g/mol. The van der Waals surface area contributed by atoms with Crippen LogP contribution in [0.5, 0.6) is 5.75 Å². The standard InChI is InChI=1S/C30H42O7/c1-3-9-21-14-16-24(17-15-21)36-30-29(27(34)26(33)28(37-30)25(32)13-8-18-31)35-20-23(10-4-2)19-22-11-6-5-7-12-22/h3,5-7,11-12,14-17,23,25-34H,1,4,8-10,13,18-20H2,2H3/t23-,25+,26-,27-,28+,29+,30-/m0/s1. The second-order valence-electron chi connectivity index (χ2n) is 9.78. The number of ether oxygens (including phenoxy) is 3. The second kappa shape index (κ2) is 15.2. The highest BCUT2D eigenvalue weighted by Crippen LogP contribution is 2.30. The van der Waals surface area contributed by atoms with Crippen molar-refractivity contribution >= 4 is 0 Å². The Bertz CT molecular complexity index is 904. The van der Waals surface area contributed by atoms with Crippen molar-refractivity contribution in [3.8, 4) is 5.75 Å². The van der Waals surface area contributed by atoms with E-state index in [2.05, 4.69) is 25.6 Å². The predicted molar refractivity (Wildman–Crippen MR) is 142 cm³/mol. The van der Waals surface area contributed by atoms with Crippen LogP contribution in [0.3, 0.4) is 0 Å². The Morgan fingerprint density at radius 1 is 1.00 bits per heavy atom. The maximum atomic E-state index is 11.1. The fourth-order valence-corrected chi connectivity index (χ4v) is 4.77. The van der Waals surface area contributed by atoms with Crippen LogP contribution in [0.15, 0.2) is 67.3 Å². The lowest BCUT2D eigenvalue weighted by atomic mass is 9.92. The van der Waals surface area contributed by atoms with Crippen LogP contribution in [-0.2, 0) is 22.3 Å². The van der Waals surface area contributed by atoms with E-state index in [9.17, 15) is 15.3 Å². The number of allylic oxidation sites excluding steroid dienone is 1. The number of benzene rings is 2. The van der Waals surface area contributed by atoms with E-state index >= 15 is 0 Å². The van der Waals surface area contributed by atoms with Crippen LogP contribution in [0.2, 0.25) is 0 Å². The van der Waals surface area contributed by atoms with Crippen LogP contribution in [0, 0.1) is 5.92 Å².